The molecule has 0 saturated carbocycles. The predicted molar refractivity (Wildman–Crippen MR) is 79.5 cm³/mol. The van der Waals surface area contributed by atoms with Crippen LogP contribution in [-0.2, 0) is 4.74 Å². The number of nitrogens with one attached hydrogen (secondary N) is 1. The van der Waals surface area contributed by atoms with Gasteiger partial charge in [-0.3, -0.25) is 4.90 Å². The number of aliphatic hydroxyl groups excluding tert-OH is 1. The summed E-state index contributed by atoms with van der Waals surface area (Å²) in [4.78, 5) is 2.47. The van der Waals surface area contributed by atoms with E-state index in [0.29, 0.717) is 12.1 Å². The summed E-state index contributed by atoms with van der Waals surface area (Å²) in [5.74, 6) is 0. The Hall–Kier alpha value is -0.160. The quantitative estimate of drug-likeness (QED) is 0.705. The summed E-state index contributed by atoms with van der Waals surface area (Å²) < 4.78 is 5.56. The van der Waals surface area contributed by atoms with E-state index in [0.717, 1.165) is 45.5 Å². The number of morpholine rings is 1. The highest BCUT2D eigenvalue weighted by Crippen LogP contribution is 2.19. The summed E-state index contributed by atoms with van der Waals surface area (Å²) in [7, 11) is 0. The summed E-state index contributed by atoms with van der Waals surface area (Å²) in [5.41, 5.74) is -0.105. The van der Waals surface area contributed by atoms with Crippen LogP contribution in [0.3, 0.4) is 0 Å². The molecule has 2 atom stereocenters. The largest absolute Gasteiger partial charge is 0.394 e. The van der Waals surface area contributed by atoms with Crippen LogP contribution in [0.1, 0.15) is 47.0 Å². The lowest BCUT2D eigenvalue weighted by Crippen LogP contribution is -2.51. The van der Waals surface area contributed by atoms with Crippen molar-refractivity contribution in [3.8, 4) is 0 Å². The molecule has 1 rings (SSSR count). The van der Waals surface area contributed by atoms with Gasteiger partial charge in [-0.2, -0.15) is 0 Å². The Morgan fingerprint density at radius 2 is 2.21 bits per heavy atom. The molecule has 0 bridgehead atoms. The average molecular weight is 272 g/mol. The molecule has 4 nitrogen and oxygen atoms in total. The van der Waals surface area contributed by atoms with Gasteiger partial charge in [-0.05, 0) is 32.7 Å². The molecule has 4 heteroatoms. The first-order valence-electron chi connectivity index (χ1n) is 7.74. The second kappa shape index (κ2) is 8.20. The van der Waals surface area contributed by atoms with E-state index < -0.39 is 0 Å². The van der Waals surface area contributed by atoms with E-state index in [-0.39, 0.29) is 12.1 Å². The summed E-state index contributed by atoms with van der Waals surface area (Å²) in [6.45, 7) is 12.8. The van der Waals surface area contributed by atoms with E-state index in [1.807, 2.05) is 0 Å². The predicted octanol–water partition coefficient (Wildman–Crippen LogP) is 1.63. The van der Waals surface area contributed by atoms with Crippen molar-refractivity contribution in [2.75, 3.05) is 32.8 Å². The molecule has 1 aliphatic rings. The fraction of sp³-hybridized carbons (Fsp3) is 1.00. The third-order valence-electron chi connectivity index (χ3n) is 4.03. The van der Waals surface area contributed by atoms with E-state index in [9.17, 15) is 5.11 Å². The fourth-order valence-electron chi connectivity index (χ4n) is 2.93. The zero-order valence-corrected chi connectivity index (χ0v) is 13.1. The topological polar surface area (TPSA) is 44.7 Å². The normalized spacial score (nSPS) is 24.6. The number of ether oxygens (including phenoxy) is 1. The number of rotatable bonds is 8. The van der Waals surface area contributed by atoms with Crippen LogP contribution in [0, 0.1) is 0 Å². The van der Waals surface area contributed by atoms with E-state index in [4.69, 9.17) is 4.74 Å². The third-order valence-corrected chi connectivity index (χ3v) is 4.03. The number of hydrogen-bond acceptors (Lipinski definition) is 4. The van der Waals surface area contributed by atoms with Gasteiger partial charge < -0.3 is 15.2 Å². The Bertz CT molecular complexity index is 242. The Morgan fingerprint density at radius 1 is 1.47 bits per heavy atom. The molecule has 0 aromatic rings. The first kappa shape index (κ1) is 16.9. The zero-order chi connectivity index (χ0) is 14.3. The highest BCUT2D eigenvalue weighted by atomic mass is 16.5. The maximum Gasteiger partial charge on any atom is 0.0674 e. The van der Waals surface area contributed by atoms with Crippen molar-refractivity contribution in [3.05, 3.63) is 0 Å². The number of nitrogens with zero attached hydrogens (tertiary/aromatic N) is 1. The molecule has 0 aliphatic carbocycles. The molecule has 0 aromatic heterocycles. The number of aliphatic hydroxyl groups is 1. The molecule has 0 spiro atoms. The van der Waals surface area contributed by atoms with Crippen molar-refractivity contribution in [1.29, 1.82) is 0 Å². The van der Waals surface area contributed by atoms with E-state index in [1.165, 1.54) is 0 Å². The molecule has 2 unspecified atom stereocenters. The molecule has 0 radical (unpaired) electrons. The van der Waals surface area contributed by atoms with Gasteiger partial charge in [-0.25, -0.2) is 0 Å². The van der Waals surface area contributed by atoms with Crippen LogP contribution in [0.5, 0.6) is 0 Å². The highest BCUT2D eigenvalue weighted by Gasteiger charge is 2.27. The van der Waals surface area contributed by atoms with Gasteiger partial charge in [0.1, 0.15) is 0 Å². The van der Waals surface area contributed by atoms with Gasteiger partial charge in [0.15, 0.2) is 0 Å². The van der Waals surface area contributed by atoms with Crippen LogP contribution in [0.4, 0.5) is 0 Å². The van der Waals surface area contributed by atoms with E-state index in [2.05, 4.69) is 37.9 Å². The lowest BCUT2D eigenvalue weighted by molar-refractivity contribution is -0.0195. The monoisotopic (exact) mass is 272 g/mol. The lowest BCUT2D eigenvalue weighted by atomic mass is 9.90. The maximum absolute atomic E-state index is 9.71. The molecule has 114 valence electrons. The van der Waals surface area contributed by atoms with E-state index in [1.54, 1.807) is 0 Å². The first-order chi connectivity index (χ1) is 9.01. The second-order valence-electron chi connectivity index (χ2n) is 6.18. The van der Waals surface area contributed by atoms with Crippen LogP contribution in [-0.4, -0.2) is 60.5 Å². The maximum atomic E-state index is 9.71. The van der Waals surface area contributed by atoms with Gasteiger partial charge in [-0.15, -0.1) is 0 Å². The molecule has 0 amide bonds. The van der Waals surface area contributed by atoms with E-state index >= 15 is 0 Å². The highest BCUT2D eigenvalue weighted by molar-refractivity contribution is 4.88. The van der Waals surface area contributed by atoms with Crippen molar-refractivity contribution in [3.63, 3.8) is 0 Å². The smallest absolute Gasteiger partial charge is 0.0674 e. The first-order valence-corrected chi connectivity index (χ1v) is 7.74. The van der Waals surface area contributed by atoms with Crippen LogP contribution in [0.15, 0.2) is 0 Å². The number of hydrogen-bond donors (Lipinski definition) is 2. The molecule has 19 heavy (non-hydrogen) atoms. The Kier molecular flexibility index (Phi) is 7.29. The van der Waals surface area contributed by atoms with Crippen molar-refractivity contribution in [2.45, 2.75) is 64.6 Å². The van der Waals surface area contributed by atoms with Crippen LogP contribution >= 0.6 is 0 Å². The van der Waals surface area contributed by atoms with Gasteiger partial charge in [0.05, 0.1) is 19.3 Å². The Morgan fingerprint density at radius 3 is 2.74 bits per heavy atom. The second-order valence-corrected chi connectivity index (χ2v) is 6.18. The Balaban J connectivity index is 2.35. The lowest BCUT2D eigenvalue weighted by Gasteiger charge is -2.36. The van der Waals surface area contributed by atoms with Crippen molar-refractivity contribution < 1.29 is 9.84 Å². The SMILES string of the molecule is CCC(CO)(CCCN1CCOC(C)C1)NC(C)C. The average Bonchev–Trinajstić information content (AvgIpc) is 2.37. The molecule has 2 N–H and O–H groups in total. The summed E-state index contributed by atoms with van der Waals surface area (Å²) in [6, 6.07) is 0.413. The fourth-order valence-corrected chi connectivity index (χ4v) is 2.93. The van der Waals surface area contributed by atoms with Crippen LogP contribution < -0.4 is 5.32 Å². The van der Waals surface area contributed by atoms with Crippen LogP contribution in [0.25, 0.3) is 0 Å². The minimum Gasteiger partial charge on any atom is -0.394 e. The van der Waals surface area contributed by atoms with Gasteiger partial charge in [0.25, 0.3) is 0 Å². The summed E-state index contributed by atoms with van der Waals surface area (Å²) >= 11 is 0. The summed E-state index contributed by atoms with van der Waals surface area (Å²) in [6.07, 6.45) is 3.49. The Labute approximate surface area is 118 Å². The van der Waals surface area contributed by atoms with Gasteiger partial charge in [0.2, 0.25) is 0 Å². The molecule has 0 aromatic carbocycles. The molecule has 1 heterocycles. The molecule has 1 saturated heterocycles. The molecular weight excluding hydrogens is 240 g/mol. The minimum absolute atomic E-state index is 0.105. The third kappa shape index (κ3) is 5.78. The minimum atomic E-state index is -0.105. The van der Waals surface area contributed by atoms with Gasteiger partial charge >= 0.3 is 0 Å². The zero-order valence-electron chi connectivity index (χ0n) is 13.1. The molecule has 1 fully saturated rings. The summed E-state index contributed by atoms with van der Waals surface area (Å²) in [5, 5.41) is 13.3. The van der Waals surface area contributed by atoms with Crippen molar-refractivity contribution >= 4 is 0 Å². The van der Waals surface area contributed by atoms with Crippen molar-refractivity contribution in [1.82, 2.24) is 10.2 Å². The van der Waals surface area contributed by atoms with Gasteiger partial charge in [0, 0.05) is 24.7 Å². The van der Waals surface area contributed by atoms with Crippen LogP contribution in [0.2, 0.25) is 0 Å². The van der Waals surface area contributed by atoms with Gasteiger partial charge in [-0.1, -0.05) is 20.8 Å². The molecule has 1 aliphatic heterocycles. The van der Waals surface area contributed by atoms with Crippen molar-refractivity contribution in [2.24, 2.45) is 0 Å². The standard InChI is InChI=1S/C15H32N2O2/c1-5-15(12-18,16-13(2)3)7-6-8-17-9-10-19-14(4)11-17/h13-14,16,18H,5-12H2,1-4H3. The molecular formula is C15H32N2O2.